The van der Waals surface area contributed by atoms with E-state index in [1.165, 1.54) is 17.7 Å². The Hall–Kier alpha value is -1.83. The molecule has 8 heteroatoms. The summed E-state index contributed by atoms with van der Waals surface area (Å²) < 4.78 is 0.736. The van der Waals surface area contributed by atoms with Crippen molar-refractivity contribution in [3.63, 3.8) is 0 Å². The Morgan fingerprint density at radius 3 is 2.71 bits per heavy atom. The van der Waals surface area contributed by atoms with Gasteiger partial charge < -0.3 is 4.90 Å². The molecule has 0 bridgehead atoms. The zero-order chi connectivity index (χ0) is 16.9. The molecular weight excluding hydrogens is 364 g/mol. The van der Waals surface area contributed by atoms with Crippen LogP contribution in [0.25, 0.3) is 0 Å². The normalized spacial score (nSPS) is 10.8. The summed E-state index contributed by atoms with van der Waals surface area (Å²) in [6, 6.07) is 11.4. The maximum absolute atomic E-state index is 12.5. The standard InChI is InChI=1S/C16H15ClN4OS2/c1-21(8-13-6-7-14(17)24-13)15(22)12-4-2-11(3-5-12)9-23-16-18-10-19-20-16/h2-7,10H,8-9H2,1H3,(H,18,19,20). The Kier molecular flexibility index (Phi) is 5.55. The molecule has 1 amide bonds. The van der Waals surface area contributed by atoms with Crippen molar-refractivity contribution in [1.29, 1.82) is 0 Å². The van der Waals surface area contributed by atoms with Gasteiger partial charge in [0, 0.05) is 23.2 Å². The van der Waals surface area contributed by atoms with E-state index in [0.717, 1.165) is 25.7 Å². The molecule has 0 radical (unpaired) electrons. The number of benzene rings is 1. The third-order valence-corrected chi connectivity index (χ3v) is 5.50. The molecule has 124 valence electrons. The van der Waals surface area contributed by atoms with Gasteiger partial charge in [-0.1, -0.05) is 35.5 Å². The highest BCUT2D eigenvalue weighted by molar-refractivity contribution is 7.98. The van der Waals surface area contributed by atoms with Gasteiger partial charge in [-0.05, 0) is 29.8 Å². The van der Waals surface area contributed by atoms with Crippen LogP contribution in [0.1, 0.15) is 20.8 Å². The number of hydrogen-bond donors (Lipinski definition) is 1. The molecule has 1 aromatic carbocycles. The van der Waals surface area contributed by atoms with E-state index >= 15 is 0 Å². The summed E-state index contributed by atoms with van der Waals surface area (Å²) in [4.78, 5) is 19.3. The van der Waals surface area contributed by atoms with E-state index < -0.39 is 0 Å². The summed E-state index contributed by atoms with van der Waals surface area (Å²) in [5, 5.41) is 7.40. The van der Waals surface area contributed by atoms with Gasteiger partial charge >= 0.3 is 0 Å². The Balaban J connectivity index is 1.58. The van der Waals surface area contributed by atoms with Gasteiger partial charge in [0.2, 0.25) is 0 Å². The predicted octanol–water partition coefficient (Wildman–Crippen LogP) is 4.08. The Labute approximate surface area is 153 Å². The Morgan fingerprint density at radius 2 is 2.08 bits per heavy atom. The quantitative estimate of drug-likeness (QED) is 0.656. The SMILES string of the molecule is CN(Cc1ccc(Cl)s1)C(=O)c1ccc(CSc2ncn[nH]2)cc1. The fourth-order valence-corrected chi connectivity index (χ4v) is 4.00. The predicted molar refractivity (Wildman–Crippen MR) is 97.5 cm³/mol. The lowest BCUT2D eigenvalue weighted by molar-refractivity contribution is 0.0786. The average molecular weight is 379 g/mol. The van der Waals surface area contributed by atoms with Crippen LogP contribution in [-0.4, -0.2) is 33.0 Å². The second kappa shape index (κ2) is 7.83. The summed E-state index contributed by atoms with van der Waals surface area (Å²) in [6.07, 6.45) is 1.49. The van der Waals surface area contributed by atoms with Gasteiger partial charge in [0.05, 0.1) is 10.9 Å². The van der Waals surface area contributed by atoms with Crippen LogP contribution in [0.3, 0.4) is 0 Å². The number of amides is 1. The van der Waals surface area contributed by atoms with Crippen LogP contribution in [0.15, 0.2) is 47.9 Å². The highest BCUT2D eigenvalue weighted by atomic mass is 35.5. The number of hydrogen-bond acceptors (Lipinski definition) is 5. The highest BCUT2D eigenvalue weighted by Crippen LogP contribution is 2.23. The van der Waals surface area contributed by atoms with Crippen LogP contribution in [0, 0.1) is 0 Å². The lowest BCUT2D eigenvalue weighted by Gasteiger charge is -2.16. The van der Waals surface area contributed by atoms with Crippen LogP contribution in [0.5, 0.6) is 0 Å². The van der Waals surface area contributed by atoms with Crippen molar-refractivity contribution in [3.05, 3.63) is 63.1 Å². The number of thiophene rings is 1. The summed E-state index contributed by atoms with van der Waals surface area (Å²) in [7, 11) is 1.80. The second-order valence-electron chi connectivity index (χ2n) is 5.14. The molecule has 2 heterocycles. The Morgan fingerprint density at radius 1 is 1.29 bits per heavy atom. The Bertz CT molecular complexity index is 802. The van der Waals surface area contributed by atoms with Crippen molar-refractivity contribution < 1.29 is 4.79 Å². The van der Waals surface area contributed by atoms with Crippen LogP contribution in [-0.2, 0) is 12.3 Å². The van der Waals surface area contributed by atoms with Crippen LogP contribution < -0.4 is 0 Å². The molecule has 3 aromatic rings. The van der Waals surface area contributed by atoms with Gasteiger partial charge in [-0.3, -0.25) is 9.89 Å². The van der Waals surface area contributed by atoms with Gasteiger partial charge in [0.1, 0.15) is 6.33 Å². The molecule has 3 rings (SSSR count). The molecule has 0 saturated carbocycles. The third-order valence-electron chi connectivity index (χ3n) is 3.34. The molecule has 24 heavy (non-hydrogen) atoms. The molecule has 0 aliphatic heterocycles. The van der Waals surface area contributed by atoms with Gasteiger partial charge in [0.15, 0.2) is 5.16 Å². The number of carbonyl (C=O) groups excluding carboxylic acids is 1. The summed E-state index contributed by atoms with van der Waals surface area (Å²) in [5.41, 5.74) is 1.80. The van der Waals surface area contributed by atoms with Gasteiger partial charge in [-0.15, -0.1) is 11.3 Å². The lowest BCUT2D eigenvalue weighted by Crippen LogP contribution is -2.25. The zero-order valence-corrected chi connectivity index (χ0v) is 15.3. The number of thioether (sulfide) groups is 1. The van der Waals surface area contributed by atoms with Gasteiger partial charge in [-0.25, -0.2) is 4.98 Å². The summed E-state index contributed by atoms with van der Waals surface area (Å²) >= 11 is 8.99. The molecule has 0 spiro atoms. The van der Waals surface area contributed by atoms with E-state index in [9.17, 15) is 4.79 Å². The second-order valence-corrected chi connectivity index (χ2v) is 7.91. The number of rotatable bonds is 6. The average Bonchev–Trinajstić information content (AvgIpc) is 3.24. The minimum atomic E-state index is -0.00559. The molecule has 2 aromatic heterocycles. The van der Waals surface area contributed by atoms with Crippen molar-refractivity contribution in [2.75, 3.05) is 7.05 Å². The number of H-pyrrole nitrogens is 1. The van der Waals surface area contributed by atoms with E-state index in [1.807, 2.05) is 36.4 Å². The van der Waals surface area contributed by atoms with Gasteiger partial charge in [0.25, 0.3) is 5.91 Å². The number of aromatic amines is 1. The number of halogens is 1. The molecule has 0 saturated heterocycles. The topological polar surface area (TPSA) is 61.9 Å². The lowest BCUT2D eigenvalue weighted by atomic mass is 10.1. The minimum Gasteiger partial charge on any atom is -0.337 e. The smallest absolute Gasteiger partial charge is 0.253 e. The molecule has 5 nitrogen and oxygen atoms in total. The first-order valence-corrected chi connectivity index (χ1v) is 9.36. The van der Waals surface area contributed by atoms with Crippen LogP contribution in [0.2, 0.25) is 4.34 Å². The largest absolute Gasteiger partial charge is 0.337 e. The van der Waals surface area contributed by atoms with Crippen molar-refractivity contribution in [1.82, 2.24) is 20.1 Å². The maximum atomic E-state index is 12.5. The highest BCUT2D eigenvalue weighted by Gasteiger charge is 2.13. The summed E-state index contributed by atoms with van der Waals surface area (Å²) in [5.74, 6) is 0.765. The molecule has 0 unspecified atom stereocenters. The molecular formula is C16H15ClN4OS2. The molecule has 1 N–H and O–H groups in total. The fraction of sp³-hybridized carbons (Fsp3) is 0.188. The van der Waals surface area contributed by atoms with Crippen LogP contribution in [0.4, 0.5) is 0 Å². The number of aromatic nitrogens is 3. The van der Waals surface area contributed by atoms with E-state index in [2.05, 4.69) is 15.2 Å². The molecule has 0 atom stereocenters. The van der Waals surface area contributed by atoms with Crippen molar-refractivity contribution >= 4 is 40.6 Å². The number of nitrogens with zero attached hydrogens (tertiary/aromatic N) is 3. The van der Waals surface area contributed by atoms with E-state index in [-0.39, 0.29) is 5.91 Å². The number of nitrogens with one attached hydrogen (secondary N) is 1. The zero-order valence-electron chi connectivity index (χ0n) is 12.9. The fourth-order valence-electron chi connectivity index (χ4n) is 2.12. The molecule has 0 fully saturated rings. The first-order chi connectivity index (χ1) is 11.6. The van der Waals surface area contributed by atoms with Crippen molar-refractivity contribution in [3.8, 4) is 0 Å². The first kappa shape index (κ1) is 17.0. The van der Waals surface area contributed by atoms with Gasteiger partial charge in [-0.2, -0.15) is 5.10 Å². The monoisotopic (exact) mass is 378 g/mol. The third kappa shape index (κ3) is 4.37. The van der Waals surface area contributed by atoms with E-state index in [1.54, 1.807) is 23.7 Å². The number of carbonyl (C=O) groups is 1. The molecule has 0 aliphatic carbocycles. The maximum Gasteiger partial charge on any atom is 0.253 e. The summed E-state index contributed by atoms with van der Waals surface area (Å²) in [6.45, 7) is 0.555. The van der Waals surface area contributed by atoms with Crippen molar-refractivity contribution in [2.24, 2.45) is 0 Å². The van der Waals surface area contributed by atoms with Crippen molar-refractivity contribution in [2.45, 2.75) is 17.5 Å². The van der Waals surface area contributed by atoms with Crippen LogP contribution >= 0.6 is 34.7 Å². The minimum absolute atomic E-state index is 0.00559. The first-order valence-electron chi connectivity index (χ1n) is 7.18. The van der Waals surface area contributed by atoms with E-state index in [4.69, 9.17) is 11.6 Å². The molecule has 0 aliphatic rings. The van der Waals surface area contributed by atoms with E-state index in [0.29, 0.717) is 12.1 Å².